The molecule has 0 unspecified atom stereocenters. The first kappa shape index (κ1) is 14.2. The average Bonchev–Trinajstić information content (AvgIpc) is 3.24. The van der Waals surface area contributed by atoms with Crippen LogP contribution in [0, 0.1) is 0 Å². The molecular weight excluding hydrogens is 358 g/mol. The number of rotatable bonds is 4. The van der Waals surface area contributed by atoms with Gasteiger partial charge in [0.15, 0.2) is 11.0 Å². The molecule has 0 atom stereocenters. The van der Waals surface area contributed by atoms with Gasteiger partial charge in [-0.2, -0.15) is 0 Å². The SMILES string of the molecule is N/C(=N/O)c1ccc(Sc2n[nH]c(=O)n2C2CC2)c(Br)c1. The summed E-state index contributed by atoms with van der Waals surface area (Å²) in [6.45, 7) is 0. The summed E-state index contributed by atoms with van der Waals surface area (Å²) in [5.74, 6) is 0.0434. The molecular formula is C12H12BrN5O2S. The Balaban J connectivity index is 1.90. The van der Waals surface area contributed by atoms with E-state index < -0.39 is 0 Å². The van der Waals surface area contributed by atoms with E-state index >= 15 is 0 Å². The van der Waals surface area contributed by atoms with Crippen molar-refractivity contribution < 1.29 is 5.21 Å². The van der Waals surface area contributed by atoms with Gasteiger partial charge in [-0.25, -0.2) is 9.89 Å². The summed E-state index contributed by atoms with van der Waals surface area (Å²) in [5, 5.41) is 18.8. The summed E-state index contributed by atoms with van der Waals surface area (Å²) >= 11 is 4.84. The second-order valence-corrected chi connectivity index (χ2v) is 6.51. The third-order valence-electron chi connectivity index (χ3n) is 3.12. The van der Waals surface area contributed by atoms with Crippen LogP contribution in [0.25, 0.3) is 0 Å². The lowest BCUT2D eigenvalue weighted by Gasteiger charge is -2.07. The smallest absolute Gasteiger partial charge is 0.344 e. The monoisotopic (exact) mass is 369 g/mol. The van der Waals surface area contributed by atoms with Crippen LogP contribution in [0.2, 0.25) is 0 Å². The number of hydrogen-bond donors (Lipinski definition) is 3. The summed E-state index contributed by atoms with van der Waals surface area (Å²) in [5.41, 5.74) is 5.98. The minimum absolute atomic E-state index is 0.0434. The molecule has 1 saturated carbocycles. The van der Waals surface area contributed by atoms with Crippen LogP contribution in [0.15, 0.2) is 42.7 Å². The summed E-state index contributed by atoms with van der Waals surface area (Å²) < 4.78 is 2.48. The maximum Gasteiger partial charge on any atom is 0.344 e. The van der Waals surface area contributed by atoms with Gasteiger partial charge in [-0.05, 0) is 58.7 Å². The van der Waals surface area contributed by atoms with Gasteiger partial charge in [-0.1, -0.05) is 5.16 Å². The van der Waals surface area contributed by atoms with Crippen molar-refractivity contribution in [2.75, 3.05) is 0 Å². The quantitative estimate of drug-likeness (QED) is 0.330. The molecule has 2 aromatic rings. The molecule has 1 aliphatic rings. The van der Waals surface area contributed by atoms with Crippen LogP contribution in [-0.2, 0) is 0 Å². The van der Waals surface area contributed by atoms with Gasteiger partial charge in [-0.15, -0.1) is 5.10 Å². The third kappa shape index (κ3) is 2.84. The van der Waals surface area contributed by atoms with E-state index in [0.717, 1.165) is 22.2 Å². The molecule has 0 bridgehead atoms. The molecule has 0 radical (unpaired) electrons. The van der Waals surface area contributed by atoms with E-state index in [-0.39, 0.29) is 17.6 Å². The highest BCUT2D eigenvalue weighted by atomic mass is 79.9. The fourth-order valence-corrected chi connectivity index (χ4v) is 3.45. The zero-order valence-electron chi connectivity index (χ0n) is 10.8. The molecule has 1 aliphatic carbocycles. The molecule has 0 spiro atoms. The van der Waals surface area contributed by atoms with Gasteiger partial charge in [0.1, 0.15) is 0 Å². The normalized spacial score (nSPS) is 15.4. The highest BCUT2D eigenvalue weighted by molar-refractivity contribution is 9.10. The fraction of sp³-hybridized carbons (Fsp3) is 0.250. The maximum atomic E-state index is 11.7. The Kier molecular flexibility index (Phi) is 3.77. The van der Waals surface area contributed by atoms with Gasteiger partial charge in [0.2, 0.25) is 0 Å². The van der Waals surface area contributed by atoms with Gasteiger partial charge in [0, 0.05) is 21.0 Å². The summed E-state index contributed by atoms with van der Waals surface area (Å²) in [6.07, 6.45) is 2.02. The van der Waals surface area contributed by atoms with E-state index in [2.05, 4.69) is 31.3 Å². The first-order chi connectivity index (χ1) is 10.1. The van der Waals surface area contributed by atoms with Crippen molar-refractivity contribution in [3.8, 4) is 0 Å². The van der Waals surface area contributed by atoms with Gasteiger partial charge in [-0.3, -0.25) is 4.57 Å². The third-order valence-corrected chi connectivity index (χ3v) is 5.09. The molecule has 3 rings (SSSR count). The Labute approximate surface area is 132 Å². The van der Waals surface area contributed by atoms with Gasteiger partial charge >= 0.3 is 5.69 Å². The molecule has 1 heterocycles. The van der Waals surface area contributed by atoms with Crippen LogP contribution in [0.3, 0.4) is 0 Å². The number of amidine groups is 1. The van der Waals surface area contributed by atoms with E-state index in [4.69, 9.17) is 10.9 Å². The topological polar surface area (TPSA) is 109 Å². The summed E-state index contributed by atoms with van der Waals surface area (Å²) in [7, 11) is 0. The van der Waals surface area contributed by atoms with Crippen molar-refractivity contribution in [3.05, 3.63) is 38.7 Å². The molecule has 4 N–H and O–H groups in total. The highest BCUT2D eigenvalue weighted by Crippen LogP contribution is 2.39. The number of hydrogen-bond acceptors (Lipinski definition) is 5. The van der Waals surface area contributed by atoms with Crippen molar-refractivity contribution in [3.63, 3.8) is 0 Å². The van der Waals surface area contributed by atoms with Crippen molar-refractivity contribution in [1.82, 2.24) is 14.8 Å². The van der Waals surface area contributed by atoms with E-state index in [9.17, 15) is 4.79 Å². The number of aromatic amines is 1. The molecule has 1 fully saturated rings. The minimum atomic E-state index is -0.176. The number of nitrogens with one attached hydrogen (secondary N) is 1. The van der Waals surface area contributed by atoms with Gasteiger partial charge in [0.25, 0.3) is 0 Å². The van der Waals surface area contributed by atoms with Crippen LogP contribution < -0.4 is 11.4 Å². The van der Waals surface area contributed by atoms with Crippen LogP contribution in [0.4, 0.5) is 0 Å². The Bertz CT molecular complexity index is 765. The van der Waals surface area contributed by atoms with Crippen LogP contribution in [0.5, 0.6) is 0 Å². The predicted molar refractivity (Wildman–Crippen MR) is 81.9 cm³/mol. The zero-order chi connectivity index (χ0) is 15.0. The van der Waals surface area contributed by atoms with Gasteiger partial charge < -0.3 is 10.9 Å². The lowest BCUT2D eigenvalue weighted by Crippen LogP contribution is -2.16. The Morgan fingerprint density at radius 3 is 2.95 bits per heavy atom. The Hall–Kier alpha value is -1.74. The number of nitrogens with two attached hydrogens (primary N) is 1. The standard InChI is InChI=1S/C12H12BrN5O2S/c13-8-5-6(10(14)17-20)1-4-9(8)21-12-16-15-11(19)18(12)7-2-3-7/h1,4-5,7,20H,2-3H2,(H2,14,17)(H,15,19). The summed E-state index contributed by atoms with van der Waals surface area (Å²) in [4.78, 5) is 12.6. The fourth-order valence-electron chi connectivity index (χ4n) is 1.92. The lowest BCUT2D eigenvalue weighted by molar-refractivity contribution is 0.318. The van der Waals surface area contributed by atoms with E-state index in [1.807, 2.05) is 6.07 Å². The predicted octanol–water partition coefficient (Wildman–Crippen LogP) is 1.91. The molecule has 21 heavy (non-hydrogen) atoms. The van der Waals surface area contributed by atoms with E-state index in [1.165, 1.54) is 11.8 Å². The molecule has 1 aromatic heterocycles. The molecule has 0 amide bonds. The van der Waals surface area contributed by atoms with Crippen LogP contribution >= 0.6 is 27.7 Å². The lowest BCUT2D eigenvalue weighted by atomic mass is 10.2. The largest absolute Gasteiger partial charge is 0.409 e. The van der Waals surface area contributed by atoms with Crippen molar-refractivity contribution >= 4 is 33.5 Å². The molecule has 0 saturated heterocycles. The van der Waals surface area contributed by atoms with Gasteiger partial charge in [0.05, 0.1) is 0 Å². The molecule has 7 nitrogen and oxygen atoms in total. The highest BCUT2D eigenvalue weighted by Gasteiger charge is 2.28. The molecule has 9 heteroatoms. The van der Waals surface area contributed by atoms with E-state index in [1.54, 1.807) is 16.7 Å². The second kappa shape index (κ2) is 5.57. The minimum Gasteiger partial charge on any atom is -0.409 e. The first-order valence-corrected chi connectivity index (χ1v) is 7.83. The second-order valence-electron chi connectivity index (χ2n) is 4.65. The van der Waals surface area contributed by atoms with Crippen LogP contribution in [-0.4, -0.2) is 25.8 Å². The average molecular weight is 370 g/mol. The van der Waals surface area contributed by atoms with E-state index in [0.29, 0.717) is 10.7 Å². The number of oxime groups is 1. The zero-order valence-corrected chi connectivity index (χ0v) is 13.2. The number of nitrogens with zero attached hydrogens (tertiary/aromatic N) is 3. The number of benzene rings is 1. The van der Waals surface area contributed by atoms with Crippen molar-refractivity contribution in [2.24, 2.45) is 10.9 Å². The summed E-state index contributed by atoms with van der Waals surface area (Å²) in [6, 6.07) is 5.59. The van der Waals surface area contributed by atoms with Crippen LogP contribution in [0.1, 0.15) is 24.4 Å². The Morgan fingerprint density at radius 1 is 1.57 bits per heavy atom. The Morgan fingerprint density at radius 2 is 2.33 bits per heavy atom. The molecule has 0 aliphatic heterocycles. The maximum absolute atomic E-state index is 11.7. The van der Waals surface area contributed by atoms with Crippen molar-refractivity contribution in [2.45, 2.75) is 28.9 Å². The number of aromatic nitrogens is 3. The number of halogens is 1. The number of H-pyrrole nitrogens is 1. The van der Waals surface area contributed by atoms with Crippen molar-refractivity contribution in [1.29, 1.82) is 0 Å². The first-order valence-electron chi connectivity index (χ1n) is 6.22. The molecule has 1 aromatic carbocycles. The molecule has 110 valence electrons.